The Morgan fingerprint density at radius 1 is 1.40 bits per heavy atom. The third kappa shape index (κ3) is 6.28. The molecule has 1 unspecified atom stereocenters. The minimum absolute atomic E-state index is 0.0255. The SMILES string of the molecule is N#CCC(=O)C(CC(F)F)/C(=N/N)N(N)CC(F)(F)F. The number of hydrazone groups is 1. The van der Waals surface area contributed by atoms with E-state index in [0.717, 1.165) is 0 Å². The number of rotatable bonds is 6. The molecule has 0 aliphatic carbocycles. The number of hydrazine groups is 1. The predicted octanol–water partition coefficient (Wildman–Crippen LogP) is 0.751. The van der Waals surface area contributed by atoms with Gasteiger partial charge in [-0.2, -0.15) is 23.5 Å². The van der Waals surface area contributed by atoms with Crippen molar-refractivity contribution in [3.8, 4) is 6.07 Å². The Kier molecular flexibility index (Phi) is 6.84. The fourth-order valence-electron chi connectivity index (χ4n) is 1.40. The van der Waals surface area contributed by atoms with Crippen molar-refractivity contribution in [1.82, 2.24) is 5.01 Å². The molecule has 6 nitrogen and oxygen atoms in total. The lowest BCUT2D eigenvalue weighted by Crippen LogP contribution is -2.49. The predicted molar refractivity (Wildman–Crippen MR) is 57.9 cm³/mol. The maximum atomic E-state index is 12.4. The van der Waals surface area contributed by atoms with Gasteiger partial charge >= 0.3 is 6.18 Å². The van der Waals surface area contributed by atoms with Crippen LogP contribution in [0.25, 0.3) is 0 Å². The Hall–Kier alpha value is -1.96. The zero-order valence-corrected chi connectivity index (χ0v) is 10.1. The highest BCUT2D eigenvalue weighted by Crippen LogP contribution is 2.20. The molecule has 0 aromatic carbocycles. The maximum absolute atomic E-state index is 12.4. The number of hydrogen-bond acceptors (Lipinski definition) is 5. The fourth-order valence-corrected chi connectivity index (χ4v) is 1.40. The van der Waals surface area contributed by atoms with Gasteiger partial charge in [0, 0.05) is 6.42 Å². The summed E-state index contributed by atoms with van der Waals surface area (Å²) >= 11 is 0. The number of carbonyl (C=O) groups is 1. The summed E-state index contributed by atoms with van der Waals surface area (Å²) < 4.78 is 61.3. The minimum Gasteiger partial charge on any atom is -0.322 e. The number of amidine groups is 1. The molecule has 11 heteroatoms. The number of hydrogen-bond donors (Lipinski definition) is 2. The fraction of sp³-hybridized carbons (Fsp3) is 0.667. The average Bonchev–Trinajstić information content (AvgIpc) is 2.25. The zero-order chi connectivity index (χ0) is 15.9. The van der Waals surface area contributed by atoms with Gasteiger partial charge in [0.25, 0.3) is 0 Å². The maximum Gasteiger partial charge on any atom is 0.407 e. The number of ketones is 1. The smallest absolute Gasteiger partial charge is 0.322 e. The van der Waals surface area contributed by atoms with Crippen molar-refractivity contribution in [2.75, 3.05) is 6.54 Å². The molecule has 0 aliphatic heterocycles. The lowest BCUT2D eigenvalue weighted by Gasteiger charge is -2.26. The summed E-state index contributed by atoms with van der Waals surface area (Å²) in [5.41, 5.74) is 0. The van der Waals surface area contributed by atoms with E-state index in [1.54, 1.807) is 0 Å². The number of nitrogens with zero attached hydrogens (tertiary/aromatic N) is 3. The van der Waals surface area contributed by atoms with Crippen LogP contribution in [0.1, 0.15) is 12.8 Å². The topological polar surface area (TPSA) is 108 Å². The second-order valence-corrected chi connectivity index (χ2v) is 3.71. The Morgan fingerprint density at radius 2 is 1.95 bits per heavy atom. The largest absolute Gasteiger partial charge is 0.407 e. The molecular formula is C9H12F5N5O. The molecule has 0 spiro atoms. The summed E-state index contributed by atoms with van der Waals surface area (Å²) in [5.74, 6) is 6.22. The van der Waals surface area contributed by atoms with Gasteiger partial charge in [-0.05, 0) is 0 Å². The number of carbonyl (C=O) groups excluding carboxylic acids is 1. The van der Waals surface area contributed by atoms with Gasteiger partial charge in [0.15, 0.2) is 5.78 Å². The Labute approximate surface area is 110 Å². The van der Waals surface area contributed by atoms with Crippen molar-refractivity contribution in [3.63, 3.8) is 0 Å². The summed E-state index contributed by atoms with van der Waals surface area (Å²) in [7, 11) is 0. The van der Waals surface area contributed by atoms with Gasteiger partial charge in [-0.1, -0.05) is 0 Å². The van der Waals surface area contributed by atoms with Crippen molar-refractivity contribution in [2.24, 2.45) is 22.7 Å². The molecule has 0 fully saturated rings. The highest BCUT2D eigenvalue weighted by molar-refractivity contribution is 6.04. The molecular weight excluding hydrogens is 289 g/mol. The van der Waals surface area contributed by atoms with Gasteiger partial charge in [-0.3, -0.25) is 9.80 Å². The monoisotopic (exact) mass is 301 g/mol. The number of halogens is 5. The summed E-state index contributed by atoms with van der Waals surface area (Å²) in [6.45, 7) is -1.72. The number of alkyl halides is 5. The second-order valence-electron chi connectivity index (χ2n) is 3.71. The first kappa shape index (κ1) is 18.0. The molecule has 0 aromatic rings. The van der Waals surface area contributed by atoms with Gasteiger partial charge in [0.2, 0.25) is 6.43 Å². The van der Waals surface area contributed by atoms with E-state index >= 15 is 0 Å². The van der Waals surface area contributed by atoms with E-state index in [1.165, 1.54) is 6.07 Å². The van der Waals surface area contributed by atoms with E-state index in [9.17, 15) is 26.7 Å². The van der Waals surface area contributed by atoms with Gasteiger partial charge in [-0.25, -0.2) is 14.6 Å². The molecule has 0 aromatic heterocycles. The summed E-state index contributed by atoms with van der Waals surface area (Å²) in [5, 5.41) is 11.2. The Bertz CT molecular complexity index is 403. The molecule has 4 N–H and O–H groups in total. The standard InChI is InChI=1S/C9H12F5N5O/c10-7(11)3-5(6(20)1-2-15)8(18-16)19(17)4-9(12,13)14/h5,7H,1,3-4,16-17H2/b18-8-. The van der Waals surface area contributed by atoms with Crippen molar-refractivity contribution < 1.29 is 26.7 Å². The molecule has 0 rings (SSSR count). The number of nitriles is 1. The van der Waals surface area contributed by atoms with Crippen LogP contribution in [-0.4, -0.2) is 35.8 Å². The highest BCUT2D eigenvalue weighted by Gasteiger charge is 2.36. The molecule has 0 saturated heterocycles. The van der Waals surface area contributed by atoms with E-state index in [2.05, 4.69) is 5.10 Å². The van der Waals surface area contributed by atoms with Crippen LogP contribution < -0.4 is 11.7 Å². The molecule has 0 aliphatic rings. The summed E-state index contributed by atoms with van der Waals surface area (Å²) in [6.07, 6.45) is -9.63. The molecule has 0 saturated carbocycles. The van der Waals surface area contributed by atoms with E-state index in [4.69, 9.17) is 16.9 Å². The van der Waals surface area contributed by atoms with Gasteiger partial charge < -0.3 is 5.84 Å². The van der Waals surface area contributed by atoms with Crippen LogP contribution in [0.3, 0.4) is 0 Å². The van der Waals surface area contributed by atoms with Gasteiger partial charge in [0.1, 0.15) is 12.4 Å². The highest BCUT2D eigenvalue weighted by atomic mass is 19.4. The van der Waals surface area contributed by atoms with E-state index in [1.807, 2.05) is 0 Å². The molecule has 114 valence electrons. The third-order valence-electron chi connectivity index (χ3n) is 2.14. The van der Waals surface area contributed by atoms with Crippen molar-refractivity contribution >= 4 is 11.6 Å². The second kappa shape index (κ2) is 7.59. The summed E-state index contributed by atoms with van der Waals surface area (Å²) in [6, 6.07) is 1.42. The Balaban J connectivity index is 5.19. The third-order valence-corrected chi connectivity index (χ3v) is 2.14. The van der Waals surface area contributed by atoms with Crippen molar-refractivity contribution in [3.05, 3.63) is 0 Å². The van der Waals surface area contributed by atoms with Gasteiger partial charge in [0.05, 0.1) is 18.4 Å². The average molecular weight is 301 g/mol. The number of Topliss-reactive ketones (excluding diaryl/α,β-unsaturated/α-hetero) is 1. The lowest BCUT2D eigenvalue weighted by atomic mass is 9.96. The van der Waals surface area contributed by atoms with Crippen molar-refractivity contribution in [1.29, 1.82) is 5.26 Å². The van der Waals surface area contributed by atoms with E-state index < -0.39 is 49.5 Å². The molecule has 20 heavy (non-hydrogen) atoms. The van der Waals surface area contributed by atoms with Crippen LogP contribution in [0.2, 0.25) is 0 Å². The normalized spacial score (nSPS) is 14.0. The quantitative estimate of drug-likeness (QED) is 0.247. The molecule has 0 bridgehead atoms. The van der Waals surface area contributed by atoms with Gasteiger partial charge in [-0.15, -0.1) is 0 Å². The summed E-state index contributed by atoms with van der Waals surface area (Å²) in [4.78, 5) is 11.5. The first-order valence-electron chi connectivity index (χ1n) is 5.17. The lowest BCUT2D eigenvalue weighted by molar-refractivity contribution is -0.139. The molecule has 1 atom stereocenters. The molecule has 0 radical (unpaired) electrons. The molecule has 0 amide bonds. The van der Waals surface area contributed by atoms with Crippen LogP contribution >= 0.6 is 0 Å². The Morgan fingerprint density at radius 3 is 2.30 bits per heavy atom. The zero-order valence-electron chi connectivity index (χ0n) is 10.1. The van der Waals surface area contributed by atoms with Crippen LogP contribution in [0.5, 0.6) is 0 Å². The minimum atomic E-state index is -4.74. The van der Waals surface area contributed by atoms with Crippen LogP contribution in [0.15, 0.2) is 5.10 Å². The van der Waals surface area contributed by atoms with E-state index in [0.29, 0.717) is 0 Å². The van der Waals surface area contributed by atoms with Crippen LogP contribution in [0, 0.1) is 17.2 Å². The molecule has 0 heterocycles. The van der Waals surface area contributed by atoms with Crippen LogP contribution in [-0.2, 0) is 4.79 Å². The van der Waals surface area contributed by atoms with Crippen molar-refractivity contribution in [2.45, 2.75) is 25.4 Å². The van der Waals surface area contributed by atoms with Crippen LogP contribution in [0.4, 0.5) is 22.0 Å². The van der Waals surface area contributed by atoms with E-state index in [-0.39, 0.29) is 5.01 Å². The number of nitrogens with two attached hydrogens (primary N) is 2. The first-order chi connectivity index (χ1) is 9.12. The first-order valence-corrected chi connectivity index (χ1v) is 5.17.